The second-order valence-corrected chi connectivity index (χ2v) is 6.80. The largest absolute Gasteiger partial charge is 0.460 e. The number of rotatable bonds is 6. The van der Waals surface area contributed by atoms with Crippen LogP contribution in [0.2, 0.25) is 0 Å². The highest BCUT2D eigenvalue weighted by molar-refractivity contribution is 6.39. The van der Waals surface area contributed by atoms with Crippen LogP contribution in [0.3, 0.4) is 0 Å². The summed E-state index contributed by atoms with van der Waals surface area (Å²) in [7, 11) is 0. The summed E-state index contributed by atoms with van der Waals surface area (Å²) in [6, 6.07) is 20.8. The molecule has 3 N–H and O–H groups in total. The molecule has 8 nitrogen and oxygen atoms in total. The van der Waals surface area contributed by atoms with E-state index in [1.54, 1.807) is 54.6 Å². The summed E-state index contributed by atoms with van der Waals surface area (Å²) in [5.41, 5.74) is 1.98. The topological polar surface area (TPSA) is 124 Å². The highest BCUT2D eigenvalue weighted by atomic mass is 16.3. The van der Waals surface area contributed by atoms with Crippen LogP contribution in [0, 0.1) is 18.3 Å². The van der Waals surface area contributed by atoms with Crippen molar-refractivity contribution in [2.45, 2.75) is 13.5 Å². The van der Waals surface area contributed by atoms with E-state index in [-0.39, 0.29) is 17.9 Å². The van der Waals surface area contributed by atoms with Crippen molar-refractivity contribution in [2.75, 3.05) is 10.6 Å². The van der Waals surface area contributed by atoms with Gasteiger partial charge in [0.2, 0.25) is 0 Å². The summed E-state index contributed by atoms with van der Waals surface area (Å²) < 4.78 is 5.53. The zero-order chi connectivity index (χ0) is 22.9. The van der Waals surface area contributed by atoms with Gasteiger partial charge in [-0.25, -0.2) is 0 Å². The van der Waals surface area contributed by atoms with Gasteiger partial charge in [-0.2, -0.15) is 5.26 Å². The van der Waals surface area contributed by atoms with E-state index < -0.39 is 17.7 Å². The maximum Gasteiger partial charge on any atom is 0.313 e. The number of furan rings is 1. The third-order valence-electron chi connectivity index (χ3n) is 4.30. The number of nitrogens with zero attached hydrogens (tertiary/aromatic N) is 1. The molecular formula is C24H20N4O4. The minimum atomic E-state index is -0.822. The van der Waals surface area contributed by atoms with Gasteiger partial charge in [0.05, 0.1) is 6.54 Å². The molecule has 0 saturated carbocycles. The number of hydrogen-bond donors (Lipinski definition) is 3. The quantitative estimate of drug-likeness (QED) is 0.315. The molecule has 8 heteroatoms. The van der Waals surface area contributed by atoms with Crippen molar-refractivity contribution >= 4 is 35.2 Å². The predicted molar refractivity (Wildman–Crippen MR) is 119 cm³/mol. The van der Waals surface area contributed by atoms with E-state index in [2.05, 4.69) is 16.0 Å². The average molecular weight is 428 g/mol. The molecule has 2 aromatic carbocycles. The van der Waals surface area contributed by atoms with Crippen LogP contribution in [-0.4, -0.2) is 17.7 Å². The first kappa shape index (κ1) is 22.1. The fraction of sp³-hybridized carbons (Fsp3) is 0.0833. The second-order valence-electron chi connectivity index (χ2n) is 6.80. The molecule has 3 amide bonds. The molecular weight excluding hydrogens is 408 g/mol. The molecule has 3 aromatic rings. The van der Waals surface area contributed by atoms with Crippen LogP contribution in [-0.2, 0) is 20.9 Å². The lowest BCUT2D eigenvalue weighted by atomic mass is 10.2. The molecule has 1 aromatic heterocycles. The summed E-state index contributed by atoms with van der Waals surface area (Å²) in [5.74, 6) is -1.58. The van der Waals surface area contributed by atoms with E-state index in [0.717, 1.165) is 5.56 Å². The van der Waals surface area contributed by atoms with Crippen LogP contribution in [0.5, 0.6) is 0 Å². The summed E-state index contributed by atoms with van der Waals surface area (Å²) in [4.78, 5) is 36.2. The Bertz CT molecular complexity index is 1190. The van der Waals surface area contributed by atoms with Crippen molar-refractivity contribution in [1.29, 1.82) is 5.26 Å². The minimum Gasteiger partial charge on any atom is -0.460 e. The lowest BCUT2D eigenvalue weighted by Crippen LogP contribution is -2.34. The number of nitriles is 1. The van der Waals surface area contributed by atoms with Crippen molar-refractivity contribution in [2.24, 2.45) is 0 Å². The molecule has 0 spiro atoms. The summed E-state index contributed by atoms with van der Waals surface area (Å²) in [5, 5.41) is 16.9. The van der Waals surface area contributed by atoms with Gasteiger partial charge in [0.25, 0.3) is 5.91 Å². The number of carbonyl (C=O) groups is 3. The first-order valence-electron chi connectivity index (χ1n) is 9.67. The van der Waals surface area contributed by atoms with E-state index in [4.69, 9.17) is 4.42 Å². The van der Waals surface area contributed by atoms with Crippen molar-refractivity contribution in [3.05, 3.63) is 89.4 Å². The first-order chi connectivity index (χ1) is 15.4. The third kappa shape index (κ3) is 6.18. The molecule has 3 rings (SSSR count). The zero-order valence-electron chi connectivity index (χ0n) is 17.2. The van der Waals surface area contributed by atoms with Crippen molar-refractivity contribution in [3.63, 3.8) is 0 Å². The Labute approximate surface area is 184 Å². The fourth-order valence-corrected chi connectivity index (χ4v) is 2.65. The molecule has 0 aliphatic heterocycles. The Morgan fingerprint density at radius 1 is 0.875 bits per heavy atom. The predicted octanol–water partition coefficient (Wildman–Crippen LogP) is 3.39. The highest BCUT2D eigenvalue weighted by Gasteiger charge is 2.15. The van der Waals surface area contributed by atoms with Gasteiger partial charge in [-0.05, 0) is 43.3 Å². The number of para-hydroxylation sites is 1. The number of amides is 3. The first-order valence-corrected chi connectivity index (χ1v) is 9.67. The molecule has 0 radical (unpaired) electrons. The molecule has 0 saturated heterocycles. The van der Waals surface area contributed by atoms with Crippen LogP contribution in [0.25, 0.3) is 6.08 Å². The molecule has 0 aliphatic rings. The van der Waals surface area contributed by atoms with Crippen LogP contribution < -0.4 is 16.0 Å². The number of aryl methyl sites for hydroxylation is 1. The van der Waals surface area contributed by atoms with Gasteiger partial charge in [0, 0.05) is 17.5 Å². The SMILES string of the molecule is Cc1ccc(NC(=O)/C(C#N)=C\c2ccc(CNC(=O)C(=O)Nc3ccccc3)o2)cc1. The molecule has 1 heterocycles. The Balaban J connectivity index is 1.56. The van der Waals surface area contributed by atoms with Crippen molar-refractivity contribution in [3.8, 4) is 6.07 Å². The number of hydrogen-bond acceptors (Lipinski definition) is 5. The molecule has 0 atom stereocenters. The standard InChI is InChI=1S/C24H20N4O4/c1-16-7-9-19(10-8-16)27-22(29)17(14-25)13-20-11-12-21(32-20)15-26-23(30)24(31)28-18-5-3-2-4-6-18/h2-13H,15H2,1H3,(H,26,30)(H,27,29)(H,28,31)/b17-13-. The fourth-order valence-electron chi connectivity index (χ4n) is 2.65. The Morgan fingerprint density at radius 3 is 2.22 bits per heavy atom. The number of nitrogens with one attached hydrogen (secondary N) is 3. The Kier molecular flexibility index (Phi) is 7.17. The van der Waals surface area contributed by atoms with E-state index in [1.807, 2.05) is 25.1 Å². The van der Waals surface area contributed by atoms with Gasteiger partial charge in [-0.15, -0.1) is 0 Å². The normalized spacial score (nSPS) is 10.7. The average Bonchev–Trinajstić information content (AvgIpc) is 3.25. The third-order valence-corrected chi connectivity index (χ3v) is 4.30. The van der Waals surface area contributed by atoms with Crippen LogP contribution in [0.4, 0.5) is 11.4 Å². The van der Waals surface area contributed by atoms with Crippen LogP contribution in [0.15, 0.2) is 76.7 Å². The van der Waals surface area contributed by atoms with E-state index in [0.29, 0.717) is 17.1 Å². The number of carbonyl (C=O) groups excluding carboxylic acids is 3. The molecule has 32 heavy (non-hydrogen) atoms. The van der Waals surface area contributed by atoms with Gasteiger partial charge in [0.15, 0.2) is 0 Å². The van der Waals surface area contributed by atoms with Crippen molar-refractivity contribution in [1.82, 2.24) is 5.32 Å². The Morgan fingerprint density at radius 2 is 1.53 bits per heavy atom. The highest BCUT2D eigenvalue weighted by Crippen LogP contribution is 2.15. The maximum atomic E-state index is 12.3. The van der Waals surface area contributed by atoms with Crippen molar-refractivity contribution < 1.29 is 18.8 Å². The maximum absolute atomic E-state index is 12.3. The van der Waals surface area contributed by atoms with Crippen LogP contribution in [0.1, 0.15) is 17.1 Å². The lowest BCUT2D eigenvalue weighted by Gasteiger charge is -2.05. The van der Waals surface area contributed by atoms with E-state index in [9.17, 15) is 19.6 Å². The molecule has 0 bridgehead atoms. The summed E-state index contributed by atoms with van der Waals surface area (Å²) >= 11 is 0. The second kappa shape index (κ2) is 10.4. The monoisotopic (exact) mass is 428 g/mol. The number of benzene rings is 2. The summed E-state index contributed by atoms with van der Waals surface area (Å²) in [6.45, 7) is 1.89. The zero-order valence-corrected chi connectivity index (χ0v) is 17.2. The van der Waals surface area contributed by atoms with Crippen LogP contribution >= 0.6 is 0 Å². The number of anilines is 2. The minimum absolute atomic E-state index is 0.0354. The van der Waals surface area contributed by atoms with Gasteiger partial charge in [0.1, 0.15) is 23.2 Å². The lowest BCUT2D eigenvalue weighted by molar-refractivity contribution is -0.136. The smallest absolute Gasteiger partial charge is 0.313 e. The molecule has 0 fully saturated rings. The van der Waals surface area contributed by atoms with Gasteiger partial charge >= 0.3 is 11.8 Å². The van der Waals surface area contributed by atoms with Gasteiger partial charge in [-0.3, -0.25) is 14.4 Å². The van der Waals surface area contributed by atoms with E-state index in [1.165, 1.54) is 6.08 Å². The van der Waals surface area contributed by atoms with Gasteiger partial charge < -0.3 is 20.4 Å². The molecule has 160 valence electrons. The molecule has 0 unspecified atom stereocenters. The Hall–Kier alpha value is -4.64. The summed E-state index contributed by atoms with van der Waals surface area (Å²) in [6.07, 6.45) is 1.30. The molecule has 0 aliphatic carbocycles. The van der Waals surface area contributed by atoms with E-state index >= 15 is 0 Å². The van der Waals surface area contributed by atoms with Gasteiger partial charge in [-0.1, -0.05) is 35.9 Å².